The van der Waals surface area contributed by atoms with Crippen LogP contribution in [0.1, 0.15) is 16.1 Å². The summed E-state index contributed by atoms with van der Waals surface area (Å²) >= 11 is 0. The highest BCUT2D eigenvalue weighted by atomic mass is 16.5. The number of nitrogens with zero attached hydrogens (tertiary/aromatic N) is 1. The van der Waals surface area contributed by atoms with Gasteiger partial charge in [-0.2, -0.15) is 0 Å². The molecule has 0 saturated carbocycles. The number of rotatable bonds is 7. The van der Waals surface area contributed by atoms with Gasteiger partial charge >= 0.3 is 0 Å². The number of benzene rings is 2. The minimum Gasteiger partial charge on any atom is -0.497 e. The fraction of sp³-hybridized carbons (Fsp3) is 0.130. The zero-order chi connectivity index (χ0) is 20.1. The minimum absolute atomic E-state index is 0.265. The van der Waals surface area contributed by atoms with Crippen LogP contribution in [0.25, 0.3) is 10.9 Å². The maximum Gasteiger partial charge on any atom is 0.274 e. The fourth-order valence-corrected chi connectivity index (χ4v) is 3.24. The minimum atomic E-state index is -0.265. The van der Waals surface area contributed by atoms with Crippen molar-refractivity contribution in [3.63, 3.8) is 0 Å². The highest BCUT2D eigenvalue weighted by Crippen LogP contribution is 2.19. The maximum absolute atomic E-state index is 12.5. The highest BCUT2D eigenvalue weighted by molar-refractivity contribution is 6.03. The van der Waals surface area contributed by atoms with Gasteiger partial charge in [-0.25, -0.2) is 0 Å². The summed E-state index contributed by atoms with van der Waals surface area (Å²) in [7, 11) is 1.59. The Balaban J connectivity index is 1.38. The molecular formula is C23H22N4O2. The zero-order valence-electron chi connectivity index (χ0n) is 16.1. The van der Waals surface area contributed by atoms with Crippen LogP contribution < -0.4 is 15.4 Å². The number of hydrogen-bond acceptors (Lipinski definition) is 4. The van der Waals surface area contributed by atoms with Gasteiger partial charge < -0.3 is 20.4 Å². The standard InChI is InChI=1S/C23H22N4O2/c1-29-19-6-4-5-18(13-19)27-23(28)22-14-17(10-12-25-22)24-11-9-16-15-26-21-8-3-2-7-20(16)21/h2-8,10,12-15,26H,9,11H2,1H3,(H,24,25)(H,27,28). The highest BCUT2D eigenvalue weighted by Gasteiger charge is 2.09. The third kappa shape index (κ3) is 4.38. The summed E-state index contributed by atoms with van der Waals surface area (Å²) in [6.07, 6.45) is 4.55. The van der Waals surface area contributed by atoms with Gasteiger partial charge in [0.2, 0.25) is 0 Å². The molecule has 0 fully saturated rings. The first-order chi connectivity index (χ1) is 14.2. The molecule has 2 aromatic carbocycles. The number of hydrogen-bond donors (Lipinski definition) is 3. The van der Waals surface area contributed by atoms with Crippen molar-refractivity contribution in [2.45, 2.75) is 6.42 Å². The van der Waals surface area contributed by atoms with Crippen molar-refractivity contribution in [3.05, 3.63) is 84.3 Å². The molecule has 1 amide bonds. The van der Waals surface area contributed by atoms with Gasteiger partial charge in [0.15, 0.2) is 0 Å². The summed E-state index contributed by atoms with van der Waals surface area (Å²) in [6, 6.07) is 19.1. The number of amides is 1. The van der Waals surface area contributed by atoms with Crippen LogP contribution >= 0.6 is 0 Å². The van der Waals surface area contributed by atoms with Crippen LogP contribution in [0.15, 0.2) is 73.1 Å². The van der Waals surface area contributed by atoms with E-state index in [9.17, 15) is 4.79 Å². The van der Waals surface area contributed by atoms with E-state index in [1.54, 1.807) is 25.4 Å². The summed E-state index contributed by atoms with van der Waals surface area (Å²) in [6.45, 7) is 0.753. The van der Waals surface area contributed by atoms with E-state index in [4.69, 9.17) is 4.74 Å². The number of aromatic nitrogens is 2. The maximum atomic E-state index is 12.5. The van der Waals surface area contributed by atoms with Crippen LogP contribution in [0, 0.1) is 0 Å². The second-order valence-corrected chi connectivity index (χ2v) is 6.65. The second kappa shape index (κ2) is 8.48. The Morgan fingerprint density at radius 3 is 2.86 bits per heavy atom. The van der Waals surface area contributed by atoms with Crippen molar-refractivity contribution in [2.75, 3.05) is 24.3 Å². The monoisotopic (exact) mass is 386 g/mol. The average molecular weight is 386 g/mol. The Bertz CT molecular complexity index is 1140. The van der Waals surface area contributed by atoms with Crippen LogP contribution in [0.2, 0.25) is 0 Å². The molecule has 0 aliphatic heterocycles. The molecule has 4 aromatic rings. The number of nitrogens with one attached hydrogen (secondary N) is 3. The van der Waals surface area contributed by atoms with Crippen molar-refractivity contribution in [1.29, 1.82) is 0 Å². The number of fused-ring (bicyclic) bond motifs is 1. The van der Waals surface area contributed by atoms with Gasteiger partial charge in [-0.15, -0.1) is 0 Å². The molecule has 0 unspecified atom stereocenters. The fourth-order valence-electron chi connectivity index (χ4n) is 3.24. The van der Waals surface area contributed by atoms with Crippen molar-refractivity contribution in [1.82, 2.24) is 9.97 Å². The van der Waals surface area contributed by atoms with Gasteiger partial charge in [0.25, 0.3) is 5.91 Å². The Morgan fingerprint density at radius 2 is 1.97 bits per heavy atom. The molecule has 0 aliphatic carbocycles. The SMILES string of the molecule is COc1cccc(NC(=O)c2cc(NCCc3c[nH]c4ccccc34)ccn2)c1. The molecule has 0 saturated heterocycles. The van der Waals surface area contributed by atoms with Gasteiger partial charge in [-0.3, -0.25) is 9.78 Å². The molecule has 4 rings (SSSR count). The summed E-state index contributed by atoms with van der Waals surface area (Å²) in [4.78, 5) is 20.0. The van der Waals surface area contributed by atoms with Gasteiger partial charge in [-0.1, -0.05) is 24.3 Å². The van der Waals surface area contributed by atoms with Crippen LogP contribution in [0.3, 0.4) is 0 Å². The van der Waals surface area contributed by atoms with Gasteiger partial charge in [-0.05, 0) is 42.3 Å². The number of methoxy groups -OCH3 is 1. The predicted octanol–water partition coefficient (Wildman–Crippen LogP) is 4.48. The molecule has 0 radical (unpaired) electrons. The smallest absolute Gasteiger partial charge is 0.274 e. The molecule has 0 spiro atoms. The Morgan fingerprint density at radius 1 is 1.07 bits per heavy atom. The number of ether oxygens (including phenoxy) is 1. The average Bonchev–Trinajstić information content (AvgIpc) is 3.17. The van der Waals surface area contributed by atoms with Crippen LogP contribution in [-0.2, 0) is 6.42 Å². The number of carbonyl (C=O) groups excluding carboxylic acids is 1. The zero-order valence-corrected chi connectivity index (χ0v) is 16.1. The molecular weight excluding hydrogens is 364 g/mol. The first-order valence-electron chi connectivity index (χ1n) is 9.43. The molecule has 2 heterocycles. The number of pyridine rings is 1. The lowest BCUT2D eigenvalue weighted by Crippen LogP contribution is -2.14. The quantitative estimate of drug-likeness (QED) is 0.438. The van der Waals surface area contributed by atoms with E-state index in [0.717, 1.165) is 24.2 Å². The van der Waals surface area contributed by atoms with E-state index in [-0.39, 0.29) is 5.91 Å². The normalized spacial score (nSPS) is 10.7. The van der Waals surface area contributed by atoms with E-state index < -0.39 is 0 Å². The first kappa shape index (κ1) is 18.6. The number of carbonyl (C=O) groups is 1. The lowest BCUT2D eigenvalue weighted by molar-refractivity contribution is 0.102. The lowest BCUT2D eigenvalue weighted by Gasteiger charge is -2.09. The topological polar surface area (TPSA) is 79.0 Å². The van der Waals surface area contributed by atoms with E-state index in [1.165, 1.54) is 10.9 Å². The van der Waals surface area contributed by atoms with E-state index >= 15 is 0 Å². The van der Waals surface area contributed by atoms with E-state index in [0.29, 0.717) is 17.1 Å². The van der Waals surface area contributed by atoms with Crippen LogP contribution in [0.5, 0.6) is 5.75 Å². The van der Waals surface area contributed by atoms with Crippen molar-refractivity contribution >= 4 is 28.2 Å². The van der Waals surface area contributed by atoms with Gasteiger partial charge in [0.1, 0.15) is 11.4 Å². The first-order valence-corrected chi connectivity index (χ1v) is 9.43. The molecule has 6 nitrogen and oxygen atoms in total. The van der Waals surface area contributed by atoms with Crippen molar-refractivity contribution < 1.29 is 9.53 Å². The van der Waals surface area contributed by atoms with E-state index in [2.05, 4.69) is 32.7 Å². The molecule has 0 bridgehead atoms. The van der Waals surface area contributed by atoms with Crippen molar-refractivity contribution in [3.8, 4) is 5.75 Å². The number of para-hydroxylation sites is 1. The van der Waals surface area contributed by atoms with Gasteiger partial charge in [0.05, 0.1) is 7.11 Å². The number of aromatic amines is 1. The number of H-pyrrole nitrogens is 1. The third-order valence-electron chi connectivity index (χ3n) is 4.72. The summed E-state index contributed by atoms with van der Waals surface area (Å²) in [5.74, 6) is 0.419. The van der Waals surface area contributed by atoms with Crippen molar-refractivity contribution in [2.24, 2.45) is 0 Å². The summed E-state index contributed by atoms with van der Waals surface area (Å²) in [5.41, 5.74) is 4.27. The van der Waals surface area contributed by atoms with Crippen LogP contribution in [-0.4, -0.2) is 29.5 Å². The molecule has 146 valence electrons. The van der Waals surface area contributed by atoms with Gasteiger partial charge in [0, 0.05) is 47.3 Å². The summed E-state index contributed by atoms with van der Waals surface area (Å²) < 4.78 is 5.18. The lowest BCUT2D eigenvalue weighted by atomic mass is 10.1. The molecule has 29 heavy (non-hydrogen) atoms. The molecule has 3 N–H and O–H groups in total. The molecule has 6 heteroatoms. The number of anilines is 2. The third-order valence-corrected chi connectivity index (χ3v) is 4.72. The Kier molecular flexibility index (Phi) is 5.42. The van der Waals surface area contributed by atoms with E-state index in [1.807, 2.05) is 42.6 Å². The largest absolute Gasteiger partial charge is 0.497 e. The Hall–Kier alpha value is -3.80. The predicted molar refractivity (Wildman–Crippen MR) is 116 cm³/mol. The molecule has 2 aromatic heterocycles. The molecule has 0 atom stereocenters. The second-order valence-electron chi connectivity index (χ2n) is 6.65. The summed E-state index contributed by atoms with van der Waals surface area (Å²) in [5, 5.41) is 7.45. The molecule has 0 aliphatic rings. The Labute approximate surface area is 168 Å². The van der Waals surface area contributed by atoms with Crippen LogP contribution in [0.4, 0.5) is 11.4 Å².